The third kappa shape index (κ3) is 3.06. The fourth-order valence-corrected chi connectivity index (χ4v) is 8.16. The van der Waals surface area contributed by atoms with Crippen LogP contribution >= 0.6 is 0 Å². The Balaban J connectivity index is 1.59. The van der Waals surface area contributed by atoms with Crippen LogP contribution in [0.3, 0.4) is 0 Å². The van der Waals surface area contributed by atoms with E-state index in [-0.39, 0.29) is 23.4 Å². The van der Waals surface area contributed by atoms with E-state index in [4.69, 9.17) is 5.11 Å². The summed E-state index contributed by atoms with van der Waals surface area (Å²) in [5, 5.41) is 30.4. The van der Waals surface area contributed by atoms with E-state index < -0.39 is 12.1 Å². The second kappa shape index (κ2) is 7.12. The van der Waals surface area contributed by atoms with Gasteiger partial charge in [-0.15, -0.1) is 0 Å². The van der Waals surface area contributed by atoms with Crippen LogP contribution in [0.1, 0.15) is 78.6 Å². The molecule has 0 aromatic heterocycles. The average molecular weight is 391 g/mol. The van der Waals surface area contributed by atoms with Gasteiger partial charge in [0.05, 0.1) is 12.2 Å². The topological polar surface area (TPSA) is 77.8 Å². The smallest absolute Gasteiger partial charge is 0.303 e. The first-order valence-electron chi connectivity index (χ1n) is 11.5. The summed E-state index contributed by atoms with van der Waals surface area (Å²) >= 11 is 0. The van der Waals surface area contributed by atoms with Crippen molar-refractivity contribution in [2.45, 2.75) is 90.8 Å². The van der Waals surface area contributed by atoms with E-state index in [0.717, 1.165) is 32.1 Å². The first kappa shape index (κ1) is 20.4. The molecule has 0 aliphatic heterocycles. The number of rotatable bonds is 4. The van der Waals surface area contributed by atoms with Crippen molar-refractivity contribution in [2.75, 3.05) is 0 Å². The molecule has 28 heavy (non-hydrogen) atoms. The molecule has 4 heteroatoms. The molecule has 0 spiro atoms. The van der Waals surface area contributed by atoms with Gasteiger partial charge in [-0.2, -0.15) is 0 Å². The zero-order valence-corrected chi connectivity index (χ0v) is 17.7. The van der Waals surface area contributed by atoms with Crippen LogP contribution in [0.15, 0.2) is 11.6 Å². The lowest BCUT2D eigenvalue weighted by molar-refractivity contribution is -0.137. The Morgan fingerprint density at radius 1 is 1.14 bits per heavy atom. The van der Waals surface area contributed by atoms with Crippen LogP contribution < -0.4 is 0 Å². The van der Waals surface area contributed by atoms with E-state index >= 15 is 0 Å². The Kier molecular flexibility index (Phi) is 5.19. The van der Waals surface area contributed by atoms with Crippen molar-refractivity contribution in [3.8, 4) is 0 Å². The molecule has 0 amide bonds. The van der Waals surface area contributed by atoms with Gasteiger partial charge in [-0.05, 0) is 91.8 Å². The number of aliphatic hydroxyl groups excluding tert-OH is 2. The Labute approximate surface area is 169 Å². The highest BCUT2D eigenvalue weighted by Crippen LogP contribution is 2.67. The van der Waals surface area contributed by atoms with Gasteiger partial charge in [-0.1, -0.05) is 32.4 Å². The monoisotopic (exact) mass is 390 g/mol. The number of carboxylic acids is 1. The van der Waals surface area contributed by atoms with E-state index in [1.54, 1.807) is 0 Å². The van der Waals surface area contributed by atoms with Crippen LogP contribution in [-0.4, -0.2) is 33.5 Å². The molecule has 3 fully saturated rings. The van der Waals surface area contributed by atoms with Gasteiger partial charge in [0.2, 0.25) is 0 Å². The van der Waals surface area contributed by atoms with Gasteiger partial charge in [0.15, 0.2) is 0 Å². The highest BCUT2D eigenvalue weighted by atomic mass is 16.4. The number of carbonyl (C=O) groups is 1. The maximum atomic E-state index is 11.2. The molecule has 0 heterocycles. The second-order valence-electron chi connectivity index (χ2n) is 10.9. The van der Waals surface area contributed by atoms with E-state index in [1.807, 2.05) is 0 Å². The summed E-state index contributed by atoms with van der Waals surface area (Å²) < 4.78 is 0. The van der Waals surface area contributed by atoms with Gasteiger partial charge < -0.3 is 15.3 Å². The molecule has 3 saturated carbocycles. The lowest BCUT2D eigenvalue weighted by atomic mass is 9.46. The van der Waals surface area contributed by atoms with Crippen LogP contribution in [0, 0.1) is 40.4 Å². The maximum absolute atomic E-state index is 11.2. The van der Waals surface area contributed by atoms with E-state index in [1.165, 1.54) is 24.8 Å². The van der Waals surface area contributed by atoms with Gasteiger partial charge in [-0.25, -0.2) is 0 Å². The van der Waals surface area contributed by atoms with Crippen LogP contribution in [0.4, 0.5) is 0 Å². The van der Waals surface area contributed by atoms with Gasteiger partial charge >= 0.3 is 5.97 Å². The van der Waals surface area contributed by atoms with Gasteiger partial charge in [-0.3, -0.25) is 4.79 Å². The fraction of sp³-hybridized carbons (Fsp3) is 0.875. The fourth-order valence-electron chi connectivity index (χ4n) is 8.16. The summed E-state index contributed by atoms with van der Waals surface area (Å²) in [4.78, 5) is 11.0. The maximum Gasteiger partial charge on any atom is 0.303 e. The van der Waals surface area contributed by atoms with Crippen LogP contribution in [0.25, 0.3) is 0 Å². The molecule has 0 bridgehead atoms. The Bertz CT molecular complexity index is 657. The van der Waals surface area contributed by atoms with E-state index in [2.05, 4.69) is 26.8 Å². The number of fused-ring (bicyclic) bond motifs is 5. The van der Waals surface area contributed by atoms with Crippen molar-refractivity contribution < 1.29 is 20.1 Å². The molecule has 4 rings (SSSR count). The summed E-state index contributed by atoms with van der Waals surface area (Å²) in [6, 6.07) is 0. The minimum Gasteiger partial charge on any atom is -0.481 e. The molecule has 158 valence electrons. The number of aliphatic hydroxyl groups is 2. The number of carboxylic acid groups (broad SMARTS) is 1. The molecule has 0 aromatic rings. The quantitative estimate of drug-likeness (QED) is 0.622. The summed E-state index contributed by atoms with van der Waals surface area (Å²) in [6.07, 6.45) is 9.82. The zero-order valence-electron chi connectivity index (χ0n) is 17.7. The molecule has 4 aliphatic carbocycles. The van der Waals surface area contributed by atoms with Crippen molar-refractivity contribution in [1.82, 2.24) is 0 Å². The minimum absolute atomic E-state index is 0.136. The van der Waals surface area contributed by atoms with Gasteiger partial charge in [0.25, 0.3) is 0 Å². The van der Waals surface area contributed by atoms with Crippen molar-refractivity contribution in [3.63, 3.8) is 0 Å². The SMILES string of the molecule is C[C@H](CCC(=O)O)C1CCC2C3C(CC[C@@]21C)[C@@]1(C)CC[C@@H](O)CC1=C[C@H]3O. The Morgan fingerprint density at radius 2 is 1.89 bits per heavy atom. The third-order valence-electron chi connectivity index (χ3n) is 9.68. The molecule has 9 atom stereocenters. The lowest BCUT2D eigenvalue weighted by Gasteiger charge is -2.59. The van der Waals surface area contributed by atoms with Crippen molar-refractivity contribution in [3.05, 3.63) is 11.6 Å². The largest absolute Gasteiger partial charge is 0.481 e. The molecule has 4 unspecified atom stereocenters. The van der Waals surface area contributed by atoms with Crippen molar-refractivity contribution in [2.24, 2.45) is 40.4 Å². The van der Waals surface area contributed by atoms with Crippen LogP contribution in [0.5, 0.6) is 0 Å². The molecule has 3 N–H and O–H groups in total. The summed E-state index contributed by atoms with van der Waals surface area (Å²) in [6.45, 7) is 7.06. The summed E-state index contributed by atoms with van der Waals surface area (Å²) in [5.74, 6) is 1.66. The molecule has 0 aromatic carbocycles. The highest BCUT2D eigenvalue weighted by molar-refractivity contribution is 5.66. The van der Waals surface area contributed by atoms with Crippen molar-refractivity contribution >= 4 is 5.97 Å². The molecule has 4 nitrogen and oxygen atoms in total. The first-order chi connectivity index (χ1) is 13.2. The standard InChI is InChI=1S/C24H38O4/c1-14(4-7-21(27)28)17-5-6-18-22-19(9-11-24(17,18)3)23(2)10-8-16(25)12-15(23)13-20(22)26/h13-14,16-20,22,25-26H,4-12H2,1-3H3,(H,27,28)/t14-,16-,17?,18?,19?,20-,22?,23+,24-/m1/s1. The lowest BCUT2D eigenvalue weighted by Crippen LogP contribution is -2.54. The summed E-state index contributed by atoms with van der Waals surface area (Å²) in [7, 11) is 0. The average Bonchev–Trinajstić information content (AvgIpc) is 2.98. The number of aliphatic carboxylic acids is 1. The van der Waals surface area contributed by atoms with E-state index in [0.29, 0.717) is 29.6 Å². The second-order valence-corrected chi connectivity index (χ2v) is 10.9. The first-order valence-corrected chi connectivity index (χ1v) is 11.5. The van der Waals surface area contributed by atoms with Gasteiger partial charge in [0.1, 0.15) is 0 Å². The molecule has 0 radical (unpaired) electrons. The molecular weight excluding hydrogens is 352 g/mol. The van der Waals surface area contributed by atoms with Gasteiger partial charge in [0, 0.05) is 6.42 Å². The van der Waals surface area contributed by atoms with Crippen LogP contribution in [0.2, 0.25) is 0 Å². The summed E-state index contributed by atoms with van der Waals surface area (Å²) in [5.41, 5.74) is 1.65. The Morgan fingerprint density at radius 3 is 2.61 bits per heavy atom. The molecular formula is C24H38O4. The van der Waals surface area contributed by atoms with E-state index in [9.17, 15) is 15.0 Å². The normalized spacial score (nSPS) is 48.8. The number of hydrogen-bond acceptors (Lipinski definition) is 3. The zero-order chi connectivity index (χ0) is 20.3. The highest BCUT2D eigenvalue weighted by Gasteiger charge is 2.61. The van der Waals surface area contributed by atoms with Crippen LogP contribution in [-0.2, 0) is 4.79 Å². The predicted molar refractivity (Wildman–Crippen MR) is 109 cm³/mol. The molecule has 4 aliphatic rings. The third-order valence-corrected chi connectivity index (χ3v) is 9.68. The minimum atomic E-state index is -0.692. The molecule has 0 saturated heterocycles. The number of hydrogen-bond donors (Lipinski definition) is 3. The Hall–Kier alpha value is -0.870. The van der Waals surface area contributed by atoms with Crippen molar-refractivity contribution in [1.29, 1.82) is 0 Å². The predicted octanol–water partition coefficient (Wildman–Crippen LogP) is 4.40.